The van der Waals surface area contributed by atoms with Crippen molar-refractivity contribution in [3.8, 4) is 5.75 Å². The fraction of sp³-hybridized carbons (Fsp3) is 0.571. The van der Waals surface area contributed by atoms with Gasteiger partial charge in [-0.2, -0.15) is 0 Å². The number of hydrogen-bond donors (Lipinski definition) is 2. The molecule has 0 bridgehead atoms. The minimum atomic E-state index is 0.191. The highest BCUT2D eigenvalue weighted by Crippen LogP contribution is 2.18. The van der Waals surface area contributed by atoms with Gasteiger partial charge in [0.2, 0.25) is 0 Å². The van der Waals surface area contributed by atoms with Crippen molar-refractivity contribution < 1.29 is 15.2 Å². The first kappa shape index (κ1) is 14.0. The molecular weight excluding hydrogens is 214 g/mol. The predicted octanol–water partition coefficient (Wildman–Crippen LogP) is 1.31. The maximum atomic E-state index is 9.16. The lowest BCUT2D eigenvalue weighted by Crippen LogP contribution is -2.89. The van der Waals surface area contributed by atoms with E-state index in [1.54, 1.807) is 0 Å². The molecule has 0 aliphatic heterocycles. The van der Waals surface area contributed by atoms with Crippen LogP contribution in [0.2, 0.25) is 0 Å². The number of aliphatic hydroxyl groups is 1. The summed E-state index contributed by atoms with van der Waals surface area (Å²) in [6, 6.07) is 8.38. The molecule has 3 N–H and O–H groups in total. The average molecular weight is 238 g/mol. The van der Waals surface area contributed by atoms with Gasteiger partial charge in [0, 0.05) is 5.56 Å². The van der Waals surface area contributed by atoms with Crippen molar-refractivity contribution in [2.24, 2.45) is 0 Å². The second-order valence-electron chi connectivity index (χ2n) is 4.57. The van der Waals surface area contributed by atoms with Crippen molar-refractivity contribution in [2.75, 3.05) is 6.61 Å². The van der Waals surface area contributed by atoms with E-state index in [0.29, 0.717) is 0 Å². The summed E-state index contributed by atoms with van der Waals surface area (Å²) >= 11 is 0. The van der Waals surface area contributed by atoms with Crippen LogP contribution in [0.3, 0.4) is 0 Å². The maximum absolute atomic E-state index is 9.16. The molecule has 0 amide bonds. The van der Waals surface area contributed by atoms with Gasteiger partial charge in [-0.1, -0.05) is 19.1 Å². The zero-order valence-corrected chi connectivity index (χ0v) is 11.0. The molecule has 96 valence electrons. The lowest BCUT2D eigenvalue weighted by atomic mass is 10.1. The van der Waals surface area contributed by atoms with E-state index >= 15 is 0 Å². The molecule has 0 radical (unpaired) electrons. The Morgan fingerprint density at radius 2 is 2.00 bits per heavy atom. The summed E-state index contributed by atoms with van der Waals surface area (Å²) in [6.07, 6.45) is 1.17. The molecular formula is C14H24NO2+. The van der Waals surface area contributed by atoms with Gasteiger partial charge in [-0.15, -0.1) is 0 Å². The number of hydrogen-bond acceptors (Lipinski definition) is 2. The Balaban J connectivity index is 2.63. The third-order valence-corrected chi connectivity index (χ3v) is 2.77. The number of rotatable bonds is 7. The molecule has 0 saturated heterocycles. The van der Waals surface area contributed by atoms with Gasteiger partial charge in [0.1, 0.15) is 18.3 Å². The first-order valence-corrected chi connectivity index (χ1v) is 6.36. The van der Waals surface area contributed by atoms with Gasteiger partial charge in [0.05, 0.1) is 12.7 Å². The van der Waals surface area contributed by atoms with Gasteiger partial charge in [-0.25, -0.2) is 0 Å². The number of quaternary nitrogens is 1. The SMILES string of the molecule is CC[C@H](CO)[NH2+]Cc1ccccc1OC(C)C. The molecule has 0 spiro atoms. The summed E-state index contributed by atoms with van der Waals surface area (Å²) in [5, 5.41) is 11.3. The lowest BCUT2D eigenvalue weighted by Gasteiger charge is -2.15. The molecule has 17 heavy (non-hydrogen) atoms. The molecule has 1 aromatic carbocycles. The third kappa shape index (κ3) is 4.75. The van der Waals surface area contributed by atoms with Crippen molar-refractivity contribution in [1.82, 2.24) is 0 Å². The van der Waals surface area contributed by atoms with Crippen LogP contribution in [0, 0.1) is 0 Å². The Hall–Kier alpha value is -1.06. The van der Waals surface area contributed by atoms with Crippen LogP contribution in [0.4, 0.5) is 0 Å². The Morgan fingerprint density at radius 1 is 1.29 bits per heavy atom. The van der Waals surface area contributed by atoms with Crippen LogP contribution in [-0.2, 0) is 6.54 Å². The normalized spacial score (nSPS) is 12.8. The van der Waals surface area contributed by atoms with Crippen molar-refractivity contribution in [2.45, 2.75) is 45.9 Å². The summed E-state index contributed by atoms with van der Waals surface area (Å²) in [4.78, 5) is 0. The standard InChI is InChI=1S/C14H23NO2/c1-4-13(10-16)15-9-12-7-5-6-8-14(12)17-11(2)3/h5-8,11,13,15-16H,4,9-10H2,1-3H3/p+1/t13-/m1/s1. The van der Waals surface area contributed by atoms with Gasteiger partial charge in [-0.05, 0) is 32.4 Å². The molecule has 3 heteroatoms. The molecule has 1 rings (SSSR count). The number of ether oxygens (including phenoxy) is 1. The van der Waals surface area contributed by atoms with E-state index in [-0.39, 0.29) is 18.8 Å². The van der Waals surface area contributed by atoms with Gasteiger partial charge in [-0.3, -0.25) is 0 Å². The fourth-order valence-electron chi connectivity index (χ4n) is 1.71. The fourth-order valence-corrected chi connectivity index (χ4v) is 1.71. The van der Waals surface area contributed by atoms with Crippen molar-refractivity contribution >= 4 is 0 Å². The van der Waals surface area contributed by atoms with E-state index < -0.39 is 0 Å². The highest BCUT2D eigenvalue weighted by Gasteiger charge is 2.10. The quantitative estimate of drug-likeness (QED) is 0.752. The van der Waals surface area contributed by atoms with Crippen LogP contribution >= 0.6 is 0 Å². The maximum Gasteiger partial charge on any atom is 0.128 e. The Kier molecular flexibility index (Phi) is 6.01. The summed E-state index contributed by atoms with van der Waals surface area (Å²) in [7, 11) is 0. The molecule has 0 saturated carbocycles. The zero-order valence-electron chi connectivity index (χ0n) is 11.0. The van der Waals surface area contributed by atoms with Crippen LogP contribution in [0.5, 0.6) is 5.75 Å². The molecule has 3 nitrogen and oxygen atoms in total. The minimum Gasteiger partial charge on any atom is -0.490 e. The van der Waals surface area contributed by atoms with Gasteiger partial charge < -0.3 is 15.2 Å². The highest BCUT2D eigenvalue weighted by molar-refractivity contribution is 5.32. The zero-order chi connectivity index (χ0) is 12.7. The second-order valence-corrected chi connectivity index (χ2v) is 4.57. The summed E-state index contributed by atoms with van der Waals surface area (Å²) in [5.74, 6) is 0.951. The van der Waals surface area contributed by atoms with Crippen LogP contribution < -0.4 is 10.1 Å². The molecule has 0 aliphatic carbocycles. The van der Waals surface area contributed by atoms with Crippen molar-refractivity contribution in [3.63, 3.8) is 0 Å². The summed E-state index contributed by atoms with van der Waals surface area (Å²) in [6.45, 7) is 7.23. The monoisotopic (exact) mass is 238 g/mol. The van der Waals surface area contributed by atoms with E-state index in [2.05, 4.69) is 18.3 Å². The van der Waals surface area contributed by atoms with Crippen LogP contribution in [-0.4, -0.2) is 23.9 Å². The molecule has 0 aliphatic rings. The number of nitrogens with two attached hydrogens (primary N) is 1. The third-order valence-electron chi connectivity index (χ3n) is 2.77. The summed E-state index contributed by atoms with van der Waals surface area (Å²) in [5.41, 5.74) is 1.19. The molecule has 0 fully saturated rings. The van der Waals surface area contributed by atoms with Crippen LogP contribution in [0.1, 0.15) is 32.8 Å². The van der Waals surface area contributed by atoms with E-state index in [4.69, 9.17) is 9.84 Å². The largest absolute Gasteiger partial charge is 0.490 e. The van der Waals surface area contributed by atoms with Gasteiger partial charge in [0.25, 0.3) is 0 Å². The Labute approximate surface area is 104 Å². The molecule has 0 unspecified atom stereocenters. The lowest BCUT2D eigenvalue weighted by molar-refractivity contribution is -0.706. The summed E-state index contributed by atoms with van der Waals surface area (Å²) < 4.78 is 5.76. The van der Waals surface area contributed by atoms with E-state index in [1.807, 2.05) is 32.0 Å². The van der Waals surface area contributed by atoms with Crippen molar-refractivity contribution in [3.05, 3.63) is 29.8 Å². The molecule has 1 atom stereocenters. The van der Waals surface area contributed by atoms with E-state index in [1.165, 1.54) is 5.56 Å². The first-order chi connectivity index (χ1) is 8.17. The number of aliphatic hydroxyl groups excluding tert-OH is 1. The Morgan fingerprint density at radius 3 is 2.59 bits per heavy atom. The highest BCUT2D eigenvalue weighted by atomic mass is 16.5. The molecule has 0 heterocycles. The van der Waals surface area contributed by atoms with E-state index in [9.17, 15) is 0 Å². The topological polar surface area (TPSA) is 46.1 Å². The minimum absolute atomic E-state index is 0.191. The number of para-hydroxylation sites is 1. The average Bonchev–Trinajstić information content (AvgIpc) is 2.31. The second kappa shape index (κ2) is 7.30. The first-order valence-electron chi connectivity index (χ1n) is 6.36. The van der Waals surface area contributed by atoms with Crippen LogP contribution in [0.15, 0.2) is 24.3 Å². The molecule has 1 aromatic rings. The van der Waals surface area contributed by atoms with Crippen molar-refractivity contribution in [1.29, 1.82) is 0 Å². The van der Waals surface area contributed by atoms with Gasteiger partial charge in [0.15, 0.2) is 0 Å². The smallest absolute Gasteiger partial charge is 0.128 e. The number of benzene rings is 1. The molecule has 0 aromatic heterocycles. The predicted molar refractivity (Wildman–Crippen MR) is 69.0 cm³/mol. The van der Waals surface area contributed by atoms with Gasteiger partial charge >= 0.3 is 0 Å². The van der Waals surface area contributed by atoms with Crippen LogP contribution in [0.25, 0.3) is 0 Å². The Bertz CT molecular complexity index is 322. The van der Waals surface area contributed by atoms with E-state index in [0.717, 1.165) is 18.7 Å².